The SMILES string of the molecule is O=C(CSc1nnc(-c2cccs2)o1)c1ccc(Br)cc1. The average molecular weight is 381 g/mol. The third-order valence-corrected chi connectivity index (χ3v) is 4.84. The monoisotopic (exact) mass is 380 g/mol. The van der Waals surface area contributed by atoms with Crippen molar-refractivity contribution < 1.29 is 9.21 Å². The van der Waals surface area contributed by atoms with E-state index in [1.165, 1.54) is 23.1 Å². The van der Waals surface area contributed by atoms with Gasteiger partial charge < -0.3 is 4.42 Å². The van der Waals surface area contributed by atoms with Crippen LogP contribution in [-0.4, -0.2) is 21.7 Å². The van der Waals surface area contributed by atoms with E-state index < -0.39 is 0 Å². The van der Waals surface area contributed by atoms with Gasteiger partial charge in [0, 0.05) is 10.0 Å². The molecule has 0 aliphatic carbocycles. The van der Waals surface area contributed by atoms with E-state index >= 15 is 0 Å². The Morgan fingerprint density at radius 2 is 2.05 bits per heavy atom. The van der Waals surface area contributed by atoms with Crippen molar-refractivity contribution in [1.82, 2.24) is 10.2 Å². The zero-order chi connectivity index (χ0) is 14.7. The lowest BCUT2D eigenvalue weighted by molar-refractivity contribution is 0.102. The molecule has 1 aromatic carbocycles. The molecule has 0 spiro atoms. The predicted octanol–water partition coefficient (Wildman–Crippen LogP) is 4.54. The van der Waals surface area contributed by atoms with Gasteiger partial charge >= 0.3 is 0 Å². The maximum atomic E-state index is 12.0. The van der Waals surface area contributed by atoms with Crippen LogP contribution in [0.25, 0.3) is 10.8 Å². The van der Waals surface area contributed by atoms with Gasteiger partial charge in [-0.15, -0.1) is 21.5 Å². The second-order valence-corrected chi connectivity index (χ2v) is 6.86. The highest BCUT2D eigenvalue weighted by Gasteiger charge is 2.12. The van der Waals surface area contributed by atoms with Gasteiger partial charge in [-0.3, -0.25) is 4.79 Å². The smallest absolute Gasteiger partial charge is 0.277 e. The minimum absolute atomic E-state index is 0.0309. The molecule has 0 radical (unpaired) electrons. The van der Waals surface area contributed by atoms with Crippen LogP contribution in [0.15, 0.2) is 55.9 Å². The van der Waals surface area contributed by atoms with Crippen LogP contribution in [0, 0.1) is 0 Å². The third kappa shape index (κ3) is 3.61. The molecule has 0 atom stereocenters. The fourth-order valence-corrected chi connectivity index (χ4v) is 3.18. The number of carbonyl (C=O) groups is 1. The quantitative estimate of drug-likeness (QED) is 0.480. The van der Waals surface area contributed by atoms with E-state index in [1.54, 1.807) is 12.1 Å². The van der Waals surface area contributed by atoms with E-state index in [2.05, 4.69) is 26.1 Å². The van der Waals surface area contributed by atoms with Gasteiger partial charge in [0.05, 0.1) is 10.6 Å². The van der Waals surface area contributed by atoms with Gasteiger partial charge in [-0.05, 0) is 23.6 Å². The molecule has 0 aliphatic heterocycles. The van der Waals surface area contributed by atoms with Crippen molar-refractivity contribution in [2.45, 2.75) is 5.22 Å². The Kier molecular flexibility index (Phi) is 4.52. The van der Waals surface area contributed by atoms with Crippen molar-refractivity contribution >= 4 is 44.8 Å². The number of thioether (sulfide) groups is 1. The lowest BCUT2D eigenvalue weighted by Crippen LogP contribution is -2.01. The fourth-order valence-electron chi connectivity index (χ4n) is 1.61. The Morgan fingerprint density at radius 3 is 2.76 bits per heavy atom. The zero-order valence-electron chi connectivity index (χ0n) is 10.7. The summed E-state index contributed by atoms with van der Waals surface area (Å²) in [6, 6.07) is 11.1. The van der Waals surface area contributed by atoms with Crippen LogP contribution in [0.2, 0.25) is 0 Å². The normalized spacial score (nSPS) is 10.7. The molecule has 0 amide bonds. The molecule has 0 saturated heterocycles. The summed E-state index contributed by atoms with van der Waals surface area (Å²) in [5.41, 5.74) is 0.670. The second kappa shape index (κ2) is 6.55. The van der Waals surface area contributed by atoms with Crippen molar-refractivity contribution in [3.8, 4) is 10.8 Å². The first kappa shape index (κ1) is 14.5. The lowest BCUT2D eigenvalue weighted by atomic mass is 10.2. The first-order valence-corrected chi connectivity index (χ1v) is 8.67. The molecule has 0 fully saturated rings. The predicted molar refractivity (Wildman–Crippen MR) is 86.8 cm³/mol. The van der Waals surface area contributed by atoms with Crippen LogP contribution in [0.4, 0.5) is 0 Å². The fraction of sp³-hybridized carbons (Fsp3) is 0.0714. The molecule has 0 N–H and O–H groups in total. The maximum absolute atomic E-state index is 12.0. The summed E-state index contributed by atoms with van der Waals surface area (Å²) in [5.74, 6) is 0.792. The van der Waals surface area contributed by atoms with Crippen LogP contribution in [0.1, 0.15) is 10.4 Å². The number of Topliss-reactive ketones (excluding diaryl/α,β-unsaturated/α-hetero) is 1. The molecule has 3 aromatic rings. The van der Waals surface area contributed by atoms with Crippen molar-refractivity contribution in [2.24, 2.45) is 0 Å². The maximum Gasteiger partial charge on any atom is 0.277 e. The molecule has 0 unspecified atom stereocenters. The molecule has 0 aliphatic rings. The highest BCUT2D eigenvalue weighted by molar-refractivity contribution is 9.10. The van der Waals surface area contributed by atoms with Crippen LogP contribution in [0.3, 0.4) is 0 Å². The van der Waals surface area contributed by atoms with E-state index in [0.29, 0.717) is 16.7 Å². The van der Waals surface area contributed by atoms with Crippen LogP contribution < -0.4 is 0 Å². The van der Waals surface area contributed by atoms with Crippen LogP contribution in [0.5, 0.6) is 0 Å². The molecule has 4 nitrogen and oxygen atoms in total. The summed E-state index contributed by atoms with van der Waals surface area (Å²) in [5, 5.41) is 10.3. The molecule has 106 valence electrons. The standard InChI is InChI=1S/C14H9BrN2O2S2/c15-10-5-3-9(4-6-10)11(18)8-21-14-17-16-13(19-14)12-2-1-7-20-12/h1-7H,8H2. The van der Waals surface area contributed by atoms with Gasteiger partial charge in [0.15, 0.2) is 5.78 Å². The number of nitrogens with zero attached hydrogens (tertiary/aromatic N) is 2. The molecule has 0 bridgehead atoms. The molecule has 3 rings (SSSR count). The van der Waals surface area contributed by atoms with Crippen LogP contribution in [-0.2, 0) is 0 Å². The van der Waals surface area contributed by atoms with Gasteiger partial charge in [0.1, 0.15) is 0 Å². The molecule has 2 heterocycles. The number of thiophene rings is 1. The van der Waals surface area contributed by atoms with Crippen LogP contribution >= 0.6 is 39.0 Å². The number of benzene rings is 1. The number of carbonyl (C=O) groups excluding carboxylic acids is 1. The summed E-state index contributed by atoms with van der Waals surface area (Å²) in [6.07, 6.45) is 0. The van der Waals surface area contributed by atoms with E-state index in [1.807, 2.05) is 29.6 Å². The second-order valence-electron chi connectivity index (χ2n) is 4.07. The number of hydrogen-bond acceptors (Lipinski definition) is 6. The Bertz CT molecular complexity index is 739. The Morgan fingerprint density at radius 1 is 1.24 bits per heavy atom. The number of hydrogen-bond donors (Lipinski definition) is 0. The molecular formula is C14H9BrN2O2S2. The summed E-state index contributed by atoms with van der Waals surface area (Å²) in [6.45, 7) is 0. The minimum Gasteiger partial charge on any atom is -0.410 e. The average Bonchev–Trinajstić information content (AvgIpc) is 3.16. The lowest BCUT2D eigenvalue weighted by Gasteiger charge is -1.98. The number of rotatable bonds is 5. The van der Waals surface area contributed by atoms with Crippen molar-refractivity contribution in [2.75, 3.05) is 5.75 Å². The Balaban J connectivity index is 1.62. The highest BCUT2D eigenvalue weighted by Crippen LogP contribution is 2.26. The molecular weight excluding hydrogens is 372 g/mol. The Hall–Kier alpha value is -1.44. The first-order valence-electron chi connectivity index (χ1n) is 6.01. The van der Waals surface area contributed by atoms with E-state index in [4.69, 9.17) is 4.42 Å². The van der Waals surface area contributed by atoms with Gasteiger partial charge in [0.25, 0.3) is 11.1 Å². The summed E-state index contributed by atoms with van der Waals surface area (Å²) >= 11 is 6.13. The third-order valence-electron chi connectivity index (χ3n) is 2.63. The minimum atomic E-state index is 0.0309. The van der Waals surface area contributed by atoms with Gasteiger partial charge in [-0.1, -0.05) is 45.9 Å². The molecule has 0 saturated carbocycles. The van der Waals surface area contributed by atoms with E-state index in [-0.39, 0.29) is 11.5 Å². The van der Waals surface area contributed by atoms with Gasteiger partial charge in [0.2, 0.25) is 0 Å². The van der Waals surface area contributed by atoms with E-state index in [9.17, 15) is 4.79 Å². The summed E-state index contributed by atoms with van der Waals surface area (Å²) in [7, 11) is 0. The number of ketones is 1. The van der Waals surface area contributed by atoms with Crippen molar-refractivity contribution in [3.05, 3.63) is 51.8 Å². The molecule has 7 heteroatoms. The highest BCUT2D eigenvalue weighted by atomic mass is 79.9. The molecule has 2 aromatic heterocycles. The molecule has 21 heavy (non-hydrogen) atoms. The zero-order valence-corrected chi connectivity index (χ0v) is 13.9. The van der Waals surface area contributed by atoms with Crippen molar-refractivity contribution in [3.63, 3.8) is 0 Å². The van der Waals surface area contributed by atoms with Gasteiger partial charge in [-0.25, -0.2) is 0 Å². The van der Waals surface area contributed by atoms with E-state index in [0.717, 1.165) is 9.35 Å². The van der Waals surface area contributed by atoms with Gasteiger partial charge in [-0.2, -0.15) is 0 Å². The van der Waals surface area contributed by atoms with Crippen molar-refractivity contribution in [1.29, 1.82) is 0 Å². The Labute approximate surface area is 137 Å². The summed E-state index contributed by atoms with van der Waals surface area (Å²) in [4.78, 5) is 13.0. The first-order chi connectivity index (χ1) is 10.2. The summed E-state index contributed by atoms with van der Waals surface area (Å²) < 4.78 is 6.47. The largest absolute Gasteiger partial charge is 0.410 e. The number of halogens is 1. The topological polar surface area (TPSA) is 56.0 Å². The number of aromatic nitrogens is 2.